The van der Waals surface area contributed by atoms with Gasteiger partial charge in [-0.2, -0.15) is 11.3 Å². The molecule has 0 spiro atoms. The maximum atomic E-state index is 13.2. The molecule has 3 aromatic rings. The van der Waals surface area contributed by atoms with Gasteiger partial charge in [-0.05, 0) is 46.5 Å². The number of rotatable bonds is 6. The Bertz CT molecular complexity index is 665. The van der Waals surface area contributed by atoms with Gasteiger partial charge in [-0.15, -0.1) is 11.3 Å². The molecule has 0 radical (unpaired) electrons. The summed E-state index contributed by atoms with van der Waals surface area (Å²) in [6, 6.07) is 8.99. The quantitative estimate of drug-likeness (QED) is 0.728. The van der Waals surface area contributed by atoms with Gasteiger partial charge in [0.05, 0.1) is 6.04 Å². The average Bonchev–Trinajstić information content (AvgIpc) is 3.16. The van der Waals surface area contributed by atoms with Crippen molar-refractivity contribution in [2.24, 2.45) is 0 Å². The van der Waals surface area contributed by atoms with E-state index in [1.807, 2.05) is 17.6 Å². The summed E-state index contributed by atoms with van der Waals surface area (Å²) in [6.45, 7) is 0.631. The maximum absolute atomic E-state index is 13.2. The highest BCUT2D eigenvalue weighted by atomic mass is 32.1. The molecule has 0 saturated heterocycles. The van der Waals surface area contributed by atoms with E-state index < -0.39 is 0 Å². The van der Waals surface area contributed by atoms with Crippen LogP contribution in [0.5, 0.6) is 0 Å². The molecular formula is C16H15FN2S2. The van der Waals surface area contributed by atoms with Gasteiger partial charge < -0.3 is 5.32 Å². The van der Waals surface area contributed by atoms with E-state index in [0.29, 0.717) is 6.54 Å². The van der Waals surface area contributed by atoms with Crippen LogP contribution in [0.3, 0.4) is 0 Å². The first-order valence-electron chi connectivity index (χ1n) is 6.69. The zero-order valence-electron chi connectivity index (χ0n) is 11.3. The van der Waals surface area contributed by atoms with Crippen molar-refractivity contribution in [1.29, 1.82) is 0 Å². The zero-order chi connectivity index (χ0) is 14.5. The molecule has 0 saturated carbocycles. The van der Waals surface area contributed by atoms with Gasteiger partial charge in [0.15, 0.2) is 0 Å². The van der Waals surface area contributed by atoms with E-state index >= 15 is 0 Å². The molecule has 1 N–H and O–H groups in total. The number of nitrogens with one attached hydrogen (secondary N) is 1. The summed E-state index contributed by atoms with van der Waals surface area (Å²) < 4.78 is 13.2. The van der Waals surface area contributed by atoms with Crippen molar-refractivity contribution >= 4 is 22.7 Å². The third-order valence-corrected chi connectivity index (χ3v) is 4.83. The molecule has 21 heavy (non-hydrogen) atoms. The molecule has 0 unspecified atom stereocenters. The molecule has 2 aromatic heterocycles. The lowest BCUT2D eigenvalue weighted by Crippen LogP contribution is -2.22. The molecule has 1 aromatic carbocycles. The highest BCUT2D eigenvalue weighted by Crippen LogP contribution is 2.22. The van der Waals surface area contributed by atoms with Gasteiger partial charge >= 0.3 is 0 Å². The molecule has 2 heterocycles. The number of thiophene rings is 1. The van der Waals surface area contributed by atoms with Gasteiger partial charge in [0, 0.05) is 18.1 Å². The lowest BCUT2D eigenvalue weighted by atomic mass is 10.1. The first kappa shape index (κ1) is 14.4. The molecule has 0 amide bonds. The van der Waals surface area contributed by atoms with Crippen LogP contribution in [0.1, 0.15) is 22.2 Å². The summed E-state index contributed by atoms with van der Waals surface area (Å²) in [7, 11) is 0. The van der Waals surface area contributed by atoms with E-state index in [0.717, 1.165) is 17.0 Å². The van der Waals surface area contributed by atoms with Crippen LogP contribution in [-0.4, -0.2) is 4.98 Å². The largest absolute Gasteiger partial charge is 0.304 e. The number of benzene rings is 1. The van der Waals surface area contributed by atoms with Crippen molar-refractivity contribution in [2.75, 3.05) is 0 Å². The molecule has 1 atom stereocenters. The second kappa shape index (κ2) is 6.93. The maximum Gasteiger partial charge on any atom is 0.123 e. The number of nitrogens with zero attached hydrogens (tertiary/aromatic N) is 1. The van der Waals surface area contributed by atoms with Gasteiger partial charge in [-0.3, -0.25) is 0 Å². The lowest BCUT2D eigenvalue weighted by Gasteiger charge is -2.16. The fourth-order valence-electron chi connectivity index (χ4n) is 2.19. The molecule has 2 nitrogen and oxygen atoms in total. The molecule has 0 aliphatic rings. The summed E-state index contributed by atoms with van der Waals surface area (Å²) >= 11 is 3.35. The van der Waals surface area contributed by atoms with Gasteiger partial charge in [0.2, 0.25) is 0 Å². The van der Waals surface area contributed by atoms with Gasteiger partial charge in [0.1, 0.15) is 10.8 Å². The minimum atomic E-state index is -0.196. The highest BCUT2D eigenvalue weighted by molar-refractivity contribution is 7.09. The van der Waals surface area contributed by atoms with Crippen LogP contribution in [0.15, 0.2) is 52.7 Å². The van der Waals surface area contributed by atoms with Crippen molar-refractivity contribution in [3.8, 4) is 0 Å². The van der Waals surface area contributed by atoms with Crippen LogP contribution in [-0.2, 0) is 13.0 Å². The number of hydrogen-bond acceptors (Lipinski definition) is 4. The third-order valence-electron chi connectivity index (χ3n) is 3.21. The molecule has 108 valence electrons. The van der Waals surface area contributed by atoms with Crippen molar-refractivity contribution in [2.45, 2.75) is 19.0 Å². The minimum Gasteiger partial charge on any atom is -0.304 e. The van der Waals surface area contributed by atoms with E-state index in [-0.39, 0.29) is 11.9 Å². The SMILES string of the molecule is Fc1cccc(CN[C@@H](Cc2ccsc2)c2nccs2)c1. The van der Waals surface area contributed by atoms with Crippen LogP contribution >= 0.6 is 22.7 Å². The van der Waals surface area contributed by atoms with Crippen LogP contribution in [0, 0.1) is 5.82 Å². The first-order chi connectivity index (χ1) is 10.3. The fraction of sp³-hybridized carbons (Fsp3) is 0.188. The second-order valence-corrected chi connectivity index (χ2v) is 6.48. The molecule has 0 aliphatic carbocycles. The smallest absolute Gasteiger partial charge is 0.123 e. The van der Waals surface area contributed by atoms with Crippen LogP contribution in [0.2, 0.25) is 0 Å². The number of aromatic nitrogens is 1. The Hall–Kier alpha value is -1.56. The molecule has 3 rings (SSSR count). The standard InChI is InChI=1S/C16H15FN2S2/c17-14-3-1-2-12(8-14)10-19-15(16-18-5-7-21-16)9-13-4-6-20-11-13/h1-8,11,15,19H,9-10H2/t15-/m0/s1. The predicted molar refractivity (Wildman–Crippen MR) is 86.1 cm³/mol. The fourth-order valence-corrected chi connectivity index (χ4v) is 3.58. The number of thiazole rings is 1. The monoisotopic (exact) mass is 318 g/mol. The van der Waals surface area contributed by atoms with E-state index in [9.17, 15) is 4.39 Å². The average molecular weight is 318 g/mol. The molecular weight excluding hydrogens is 303 g/mol. The molecule has 0 aliphatic heterocycles. The molecule has 0 bridgehead atoms. The molecule has 5 heteroatoms. The highest BCUT2D eigenvalue weighted by Gasteiger charge is 2.14. The normalized spacial score (nSPS) is 12.4. The van der Waals surface area contributed by atoms with Crippen LogP contribution < -0.4 is 5.32 Å². The zero-order valence-corrected chi connectivity index (χ0v) is 13.0. The van der Waals surface area contributed by atoms with Crippen molar-refractivity contribution in [1.82, 2.24) is 10.3 Å². The van der Waals surface area contributed by atoms with Gasteiger partial charge in [-0.25, -0.2) is 9.37 Å². The Labute approximate surface area is 131 Å². The topological polar surface area (TPSA) is 24.9 Å². The molecule has 0 fully saturated rings. The summed E-state index contributed by atoms with van der Waals surface area (Å²) in [5.74, 6) is -0.196. The van der Waals surface area contributed by atoms with E-state index in [1.54, 1.807) is 34.8 Å². The predicted octanol–water partition coefficient (Wildman–Crippen LogP) is 4.42. The second-order valence-electron chi connectivity index (χ2n) is 4.77. The Balaban J connectivity index is 1.70. The van der Waals surface area contributed by atoms with Gasteiger partial charge in [0.25, 0.3) is 0 Å². The minimum absolute atomic E-state index is 0.155. The summed E-state index contributed by atoms with van der Waals surface area (Å²) in [6.07, 6.45) is 2.72. The Morgan fingerprint density at radius 2 is 2.14 bits per heavy atom. The van der Waals surface area contributed by atoms with Crippen LogP contribution in [0.4, 0.5) is 4.39 Å². The van der Waals surface area contributed by atoms with Crippen molar-refractivity contribution in [3.63, 3.8) is 0 Å². The van der Waals surface area contributed by atoms with Gasteiger partial charge in [-0.1, -0.05) is 12.1 Å². The van der Waals surface area contributed by atoms with E-state index in [4.69, 9.17) is 0 Å². The van der Waals surface area contributed by atoms with Crippen LogP contribution in [0.25, 0.3) is 0 Å². The van der Waals surface area contributed by atoms with Crippen molar-refractivity contribution < 1.29 is 4.39 Å². The Morgan fingerprint density at radius 3 is 2.86 bits per heavy atom. The summed E-state index contributed by atoms with van der Waals surface area (Å²) in [5.41, 5.74) is 2.24. The Morgan fingerprint density at radius 1 is 1.19 bits per heavy atom. The number of hydrogen-bond donors (Lipinski definition) is 1. The van der Waals surface area contributed by atoms with E-state index in [1.165, 1.54) is 11.6 Å². The van der Waals surface area contributed by atoms with E-state index in [2.05, 4.69) is 27.1 Å². The number of halogens is 1. The summed E-state index contributed by atoms with van der Waals surface area (Å²) in [4.78, 5) is 4.41. The lowest BCUT2D eigenvalue weighted by molar-refractivity contribution is 0.526. The summed E-state index contributed by atoms with van der Waals surface area (Å²) in [5, 5.41) is 10.8. The third kappa shape index (κ3) is 3.97. The first-order valence-corrected chi connectivity index (χ1v) is 8.52. The Kier molecular flexibility index (Phi) is 4.75. The van der Waals surface area contributed by atoms with Crippen molar-refractivity contribution in [3.05, 3.63) is 74.6 Å².